The summed E-state index contributed by atoms with van der Waals surface area (Å²) < 4.78 is 11.4. The van der Waals surface area contributed by atoms with Crippen molar-refractivity contribution in [2.75, 3.05) is 26.3 Å². The van der Waals surface area contributed by atoms with Gasteiger partial charge in [-0.25, -0.2) is 0 Å². The van der Waals surface area contributed by atoms with Crippen LogP contribution in [0, 0.1) is 29.6 Å². The zero-order chi connectivity index (χ0) is 17.0. The predicted octanol–water partition coefficient (Wildman–Crippen LogP) is 4.46. The summed E-state index contributed by atoms with van der Waals surface area (Å²) in [5.41, 5.74) is -0.155. The molecule has 2 atom stereocenters. The molecule has 3 heterocycles. The summed E-state index contributed by atoms with van der Waals surface area (Å²) in [5, 5.41) is 9.61. The second kappa shape index (κ2) is 7.72. The van der Waals surface area contributed by atoms with Crippen LogP contribution in [-0.4, -0.2) is 31.2 Å². The maximum Gasteiger partial charge on any atom is 0.121 e. The molecular weight excluding hydrogens is 300 g/mol. The second-order valence-electron chi connectivity index (χ2n) is 7.74. The van der Waals surface area contributed by atoms with Gasteiger partial charge in [-0.1, -0.05) is 6.92 Å². The Balaban J connectivity index is 1.59. The molecule has 132 valence electrons. The van der Waals surface area contributed by atoms with Gasteiger partial charge in [-0.05, 0) is 76.6 Å². The normalized spacial score (nSPS) is 27.7. The lowest BCUT2D eigenvalue weighted by Crippen LogP contribution is -2.37. The van der Waals surface area contributed by atoms with E-state index in [0.717, 1.165) is 69.4 Å². The summed E-state index contributed by atoms with van der Waals surface area (Å²) in [4.78, 5) is 2.57. The molecule has 0 spiro atoms. The number of piperidine rings is 1. The Morgan fingerprint density at radius 1 is 1.33 bits per heavy atom. The number of hydrogen-bond acceptors (Lipinski definition) is 4. The van der Waals surface area contributed by atoms with Gasteiger partial charge >= 0.3 is 0 Å². The van der Waals surface area contributed by atoms with Crippen molar-refractivity contribution >= 4 is 0 Å². The molecule has 0 unspecified atom stereocenters. The van der Waals surface area contributed by atoms with Crippen LogP contribution in [0.2, 0.25) is 0 Å². The van der Waals surface area contributed by atoms with Gasteiger partial charge in [-0.2, -0.15) is 5.26 Å². The molecule has 2 aliphatic rings. The van der Waals surface area contributed by atoms with E-state index in [9.17, 15) is 5.26 Å². The zero-order valence-corrected chi connectivity index (χ0v) is 15.1. The molecule has 0 bridgehead atoms. The van der Waals surface area contributed by atoms with E-state index in [1.54, 1.807) is 0 Å². The quantitative estimate of drug-likeness (QED) is 0.799. The standard InChI is InChI=1S/C20H30N2O2/c1-16-6-11-22(18(14-16)19-5-4-17(2)24-19)10-3-7-20(15-21)8-12-23-13-9-20/h4-5,16,18H,3,6-14H2,1-2H3/t16-,18+/m1/s1. The van der Waals surface area contributed by atoms with E-state index < -0.39 is 0 Å². The molecule has 0 saturated carbocycles. The lowest BCUT2D eigenvalue weighted by atomic mass is 9.77. The lowest BCUT2D eigenvalue weighted by molar-refractivity contribution is 0.0321. The number of aryl methyl sites for hydroxylation is 1. The topological polar surface area (TPSA) is 49.4 Å². The summed E-state index contributed by atoms with van der Waals surface area (Å²) in [6.45, 7) is 8.02. The van der Waals surface area contributed by atoms with Crippen molar-refractivity contribution in [3.05, 3.63) is 23.7 Å². The van der Waals surface area contributed by atoms with Crippen molar-refractivity contribution in [2.24, 2.45) is 11.3 Å². The molecule has 2 aliphatic heterocycles. The van der Waals surface area contributed by atoms with Gasteiger partial charge < -0.3 is 9.15 Å². The summed E-state index contributed by atoms with van der Waals surface area (Å²) >= 11 is 0. The summed E-state index contributed by atoms with van der Waals surface area (Å²) in [7, 11) is 0. The van der Waals surface area contributed by atoms with Gasteiger partial charge in [0.15, 0.2) is 0 Å². The molecule has 1 aromatic rings. The molecule has 2 saturated heterocycles. The molecule has 0 radical (unpaired) electrons. The Morgan fingerprint density at radius 3 is 2.79 bits per heavy atom. The Bertz CT molecular complexity index is 568. The van der Waals surface area contributed by atoms with E-state index in [0.29, 0.717) is 6.04 Å². The summed E-state index contributed by atoms with van der Waals surface area (Å²) in [6, 6.07) is 7.20. The fraction of sp³-hybridized carbons (Fsp3) is 0.750. The number of rotatable bonds is 5. The lowest BCUT2D eigenvalue weighted by Gasteiger charge is -2.38. The highest BCUT2D eigenvalue weighted by atomic mass is 16.5. The van der Waals surface area contributed by atoms with Gasteiger partial charge in [-0.3, -0.25) is 4.90 Å². The van der Waals surface area contributed by atoms with E-state index in [4.69, 9.17) is 9.15 Å². The Morgan fingerprint density at radius 2 is 2.12 bits per heavy atom. The van der Waals surface area contributed by atoms with Crippen molar-refractivity contribution in [1.82, 2.24) is 4.90 Å². The second-order valence-corrected chi connectivity index (χ2v) is 7.74. The molecule has 0 amide bonds. The molecule has 2 fully saturated rings. The van der Waals surface area contributed by atoms with Crippen LogP contribution in [0.4, 0.5) is 0 Å². The van der Waals surface area contributed by atoms with Crippen molar-refractivity contribution in [1.29, 1.82) is 5.26 Å². The SMILES string of the molecule is Cc1ccc([C@@H]2C[C@H](C)CCN2CCCC2(C#N)CCOCC2)o1. The van der Waals surface area contributed by atoms with Crippen molar-refractivity contribution < 1.29 is 9.15 Å². The molecule has 3 rings (SSSR count). The number of hydrogen-bond donors (Lipinski definition) is 0. The molecule has 4 heteroatoms. The van der Waals surface area contributed by atoms with E-state index in [-0.39, 0.29) is 5.41 Å². The minimum atomic E-state index is -0.155. The van der Waals surface area contributed by atoms with Crippen LogP contribution in [0.3, 0.4) is 0 Å². The molecular formula is C20H30N2O2. The maximum absolute atomic E-state index is 9.61. The first-order chi connectivity index (χ1) is 11.6. The molecule has 4 nitrogen and oxygen atoms in total. The van der Waals surface area contributed by atoms with Crippen LogP contribution < -0.4 is 0 Å². The van der Waals surface area contributed by atoms with Gasteiger partial charge in [0.25, 0.3) is 0 Å². The van der Waals surface area contributed by atoms with Gasteiger partial charge in [-0.15, -0.1) is 0 Å². The van der Waals surface area contributed by atoms with Crippen LogP contribution in [-0.2, 0) is 4.74 Å². The average Bonchev–Trinajstić information content (AvgIpc) is 3.03. The van der Waals surface area contributed by atoms with Gasteiger partial charge in [0.2, 0.25) is 0 Å². The highest BCUT2D eigenvalue weighted by molar-refractivity contribution is 5.11. The first-order valence-corrected chi connectivity index (χ1v) is 9.41. The number of nitriles is 1. The van der Waals surface area contributed by atoms with Crippen LogP contribution in [0.1, 0.15) is 63.0 Å². The highest BCUT2D eigenvalue weighted by Gasteiger charge is 2.34. The van der Waals surface area contributed by atoms with Crippen LogP contribution in [0.25, 0.3) is 0 Å². The minimum absolute atomic E-state index is 0.155. The van der Waals surface area contributed by atoms with Crippen LogP contribution in [0.5, 0.6) is 0 Å². The molecule has 0 aromatic carbocycles. The zero-order valence-electron chi connectivity index (χ0n) is 15.1. The Labute approximate surface area is 145 Å². The first kappa shape index (κ1) is 17.5. The van der Waals surface area contributed by atoms with E-state index in [2.05, 4.69) is 30.0 Å². The maximum atomic E-state index is 9.61. The van der Waals surface area contributed by atoms with E-state index in [1.807, 2.05) is 6.92 Å². The third-order valence-corrected chi connectivity index (χ3v) is 5.85. The van der Waals surface area contributed by atoms with Gasteiger partial charge in [0.1, 0.15) is 11.5 Å². The number of furan rings is 1. The molecule has 24 heavy (non-hydrogen) atoms. The van der Waals surface area contributed by atoms with Crippen molar-refractivity contribution in [3.63, 3.8) is 0 Å². The third-order valence-electron chi connectivity index (χ3n) is 5.85. The smallest absolute Gasteiger partial charge is 0.121 e. The number of ether oxygens (including phenoxy) is 1. The summed E-state index contributed by atoms with van der Waals surface area (Å²) in [6.07, 6.45) is 6.28. The van der Waals surface area contributed by atoms with Crippen LogP contribution >= 0.6 is 0 Å². The number of nitrogens with zero attached hydrogens (tertiary/aromatic N) is 2. The minimum Gasteiger partial charge on any atom is -0.465 e. The van der Waals surface area contributed by atoms with E-state index in [1.165, 1.54) is 12.8 Å². The third kappa shape index (κ3) is 4.02. The average molecular weight is 330 g/mol. The highest BCUT2D eigenvalue weighted by Crippen LogP contribution is 2.37. The van der Waals surface area contributed by atoms with Crippen LogP contribution in [0.15, 0.2) is 16.5 Å². The van der Waals surface area contributed by atoms with Gasteiger partial charge in [0, 0.05) is 13.2 Å². The van der Waals surface area contributed by atoms with Crippen molar-refractivity contribution in [3.8, 4) is 6.07 Å². The van der Waals surface area contributed by atoms with Crippen molar-refractivity contribution in [2.45, 2.75) is 58.4 Å². The van der Waals surface area contributed by atoms with E-state index >= 15 is 0 Å². The summed E-state index contributed by atoms with van der Waals surface area (Å²) in [5.74, 6) is 2.85. The largest absolute Gasteiger partial charge is 0.465 e. The molecule has 1 aromatic heterocycles. The first-order valence-electron chi connectivity index (χ1n) is 9.41. The molecule has 0 N–H and O–H groups in total. The van der Waals surface area contributed by atoms with Gasteiger partial charge in [0.05, 0.1) is 17.5 Å². The monoisotopic (exact) mass is 330 g/mol. The Hall–Kier alpha value is -1.31. The fourth-order valence-corrected chi connectivity index (χ4v) is 4.19. The Kier molecular flexibility index (Phi) is 5.63. The predicted molar refractivity (Wildman–Crippen MR) is 93.5 cm³/mol. The fourth-order valence-electron chi connectivity index (χ4n) is 4.19. The number of likely N-dealkylation sites (tertiary alicyclic amines) is 1. The molecule has 0 aliphatic carbocycles.